The van der Waals surface area contributed by atoms with Crippen LogP contribution in [0.3, 0.4) is 0 Å². The molecule has 0 unspecified atom stereocenters. The average Bonchev–Trinajstić information content (AvgIpc) is 2.28. The van der Waals surface area contributed by atoms with Gasteiger partial charge in [0.1, 0.15) is 0 Å². The first kappa shape index (κ1) is 11.8. The van der Waals surface area contributed by atoms with Gasteiger partial charge in [0.25, 0.3) is 0 Å². The standard InChI is InChI=1S/C10H14N2O2S/c1-4-8(2)9(3)15(13,14)10-11-6-5-7-12-10/h4-9H,1H2,2-3H3/t8-,9-/m0/s1. The second-order valence-corrected chi connectivity index (χ2v) is 5.58. The zero-order valence-electron chi connectivity index (χ0n) is 8.79. The normalized spacial score (nSPS) is 15.6. The van der Waals surface area contributed by atoms with Crippen LogP contribution in [0.4, 0.5) is 0 Å². The quantitative estimate of drug-likeness (QED) is 0.576. The minimum Gasteiger partial charge on any atom is -0.227 e. The minimum absolute atomic E-state index is 0.119. The summed E-state index contributed by atoms with van der Waals surface area (Å²) in [6, 6.07) is 1.58. The first-order valence-electron chi connectivity index (χ1n) is 4.63. The lowest BCUT2D eigenvalue weighted by atomic mass is 10.1. The van der Waals surface area contributed by atoms with E-state index in [1.165, 1.54) is 12.4 Å². The molecule has 0 spiro atoms. The molecule has 0 aliphatic heterocycles. The van der Waals surface area contributed by atoms with Crippen molar-refractivity contribution < 1.29 is 8.42 Å². The molecule has 15 heavy (non-hydrogen) atoms. The van der Waals surface area contributed by atoms with E-state index in [-0.39, 0.29) is 11.1 Å². The number of allylic oxidation sites excluding steroid dienone is 1. The first-order valence-corrected chi connectivity index (χ1v) is 6.18. The van der Waals surface area contributed by atoms with Gasteiger partial charge in [-0.15, -0.1) is 6.58 Å². The Balaban J connectivity index is 3.09. The van der Waals surface area contributed by atoms with Crippen LogP contribution in [-0.2, 0) is 9.84 Å². The summed E-state index contributed by atoms with van der Waals surface area (Å²) in [6.07, 6.45) is 4.46. The van der Waals surface area contributed by atoms with Gasteiger partial charge in [-0.25, -0.2) is 18.4 Å². The lowest BCUT2D eigenvalue weighted by molar-refractivity contribution is 0.554. The highest BCUT2D eigenvalue weighted by Gasteiger charge is 2.28. The summed E-state index contributed by atoms with van der Waals surface area (Å²) < 4.78 is 23.9. The highest BCUT2D eigenvalue weighted by molar-refractivity contribution is 7.91. The van der Waals surface area contributed by atoms with Gasteiger partial charge in [0.05, 0.1) is 5.25 Å². The van der Waals surface area contributed by atoms with Crippen LogP contribution in [0, 0.1) is 5.92 Å². The van der Waals surface area contributed by atoms with Crippen LogP contribution in [0.2, 0.25) is 0 Å². The van der Waals surface area contributed by atoms with Crippen molar-refractivity contribution in [3.63, 3.8) is 0 Å². The predicted molar refractivity (Wildman–Crippen MR) is 58.0 cm³/mol. The van der Waals surface area contributed by atoms with Crippen molar-refractivity contribution in [2.75, 3.05) is 0 Å². The minimum atomic E-state index is -3.44. The van der Waals surface area contributed by atoms with Crippen molar-refractivity contribution in [2.24, 2.45) is 5.92 Å². The average molecular weight is 226 g/mol. The first-order chi connectivity index (χ1) is 7.00. The fraction of sp³-hybridized carbons (Fsp3) is 0.400. The van der Waals surface area contributed by atoms with Crippen LogP contribution in [-0.4, -0.2) is 23.6 Å². The van der Waals surface area contributed by atoms with E-state index >= 15 is 0 Å². The lowest BCUT2D eigenvalue weighted by Gasteiger charge is -2.15. The molecule has 0 fully saturated rings. The SMILES string of the molecule is C=C[C@H](C)[C@H](C)S(=O)(=O)c1ncccn1. The molecular weight excluding hydrogens is 212 g/mol. The van der Waals surface area contributed by atoms with Crippen LogP contribution in [0.1, 0.15) is 13.8 Å². The highest BCUT2D eigenvalue weighted by atomic mass is 32.2. The third-order valence-corrected chi connectivity index (χ3v) is 4.53. The smallest absolute Gasteiger partial charge is 0.227 e. The van der Waals surface area contributed by atoms with Gasteiger partial charge in [0, 0.05) is 12.4 Å². The molecule has 1 heterocycles. The van der Waals surface area contributed by atoms with Crippen molar-refractivity contribution >= 4 is 9.84 Å². The van der Waals surface area contributed by atoms with Gasteiger partial charge in [0.15, 0.2) is 0 Å². The number of aromatic nitrogens is 2. The van der Waals surface area contributed by atoms with Crippen molar-refractivity contribution in [3.8, 4) is 0 Å². The van der Waals surface area contributed by atoms with Gasteiger partial charge >= 0.3 is 0 Å². The molecule has 0 radical (unpaired) electrons. The van der Waals surface area contributed by atoms with E-state index in [0.717, 1.165) is 0 Å². The van der Waals surface area contributed by atoms with Crippen molar-refractivity contribution in [3.05, 3.63) is 31.1 Å². The molecule has 1 aromatic heterocycles. The van der Waals surface area contributed by atoms with Crippen LogP contribution < -0.4 is 0 Å². The summed E-state index contributed by atoms with van der Waals surface area (Å²) in [6.45, 7) is 7.02. The van der Waals surface area contributed by atoms with Crippen LogP contribution in [0.25, 0.3) is 0 Å². The molecule has 0 N–H and O–H groups in total. The Morgan fingerprint density at radius 2 is 1.87 bits per heavy atom. The number of nitrogens with zero attached hydrogens (tertiary/aromatic N) is 2. The molecule has 5 heteroatoms. The number of hydrogen-bond acceptors (Lipinski definition) is 4. The van der Waals surface area contributed by atoms with E-state index < -0.39 is 15.1 Å². The van der Waals surface area contributed by atoms with Crippen molar-refractivity contribution in [2.45, 2.75) is 24.3 Å². The van der Waals surface area contributed by atoms with Crippen LogP contribution in [0.5, 0.6) is 0 Å². The molecule has 0 amide bonds. The third kappa shape index (κ3) is 2.41. The Morgan fingerprint density at radius 1 is 1.33 bits per heavy atom. The Kier molecular flexibility index (Phi) is 3.57. The molecule has 2 atom stereocenters. The van der Waals surface area contributed by atoms with E-state index in [0.29, 0.717) is 0 Å². The largest absolute Gasteiger partial charge is 0.247 e. The zero-order valence-corrected chi connectivity index (χ0v) is 9.61. The maximum Gasteiger partial charge on any atom is 0.247 e. The molecule has 4 nitrogen and oxygen atoms in total. The van der Waals surface area contributed by atoms with Crippen molar-refractivity contribution in [1.29, 1.82) is 0 Å². The molecule has 1 rings (SSSR count). The molecule has 0 aromatic carbocycles. The van der Waals surface area contributed by atoms with E-state index in [4.69, 9.17) is 0 Å². The molecular formula is C10H14N2O2S. The fourth-order valence-corrected chi connectivity index (χ4v) is 2.50. The van der Waals surface area contributed by atoms with Gasteiger partial charge in [-0.1, -0.05) is 13.0 Å². The Morgan fingerprint density at radius 3 is 2.33 bits per heavy atom. The molecule has 0 bridgehead atoms. The molecule has 1 aromatic rings. The highest BCUT2D eigenvalue weighted by Crippen LogP contribution is 2.18. The van der Waals surface area contributed by atoms with E-state index in [1.807, 2.05) is 0 Å². The third-order valence-electron chi connectivity index (χ3n) is 2.40. The molecule has 0 saturated carbocycles. The van der Waals surface area contributed by atoms with Gasteiger partial charge in [-0.05, 0) is 18.9 Å². The van der Waals surface area contributed by atoms with Crippen LogP contribution >= 0.6 is 0 Å². The lowest BCUT2D eigenvalue weighted by Crippen LogP contribution is -2.25. The second-order valence-electron chi connectivity index (χ2n) is 3.38. The van der Waals surface area contributed by atoms with E-state index in [9.17, 15) is 8.42 Å². The molecule has 82 valence electrons. The molecule has 0 aliphatic carbocycles. The summed E-state index contributed by atoms with van der Waals surface area (Å²) in [5, 5.41) is -0.677. The summed E-state index contributed by atoms with van der Waals surface area (Å²) in [4.78, 5) is 7.51. The van der Waals surface area contributed by atoms with Gasteiger partial charge < -0.3 is 0 Å². The summed E-state index contributed by atoms with van der Waals surface area (Å²) in [5.74, 6) is -0.126. The molecule has 0 saturated heterocycles. The zero-order chi connectivity index (χ0) is 11.5. The molecule has 0 aliphatic rings. The Bertz CT molecular complexity index is 428. The summed E-state index contributed by atoms with van der Waals surface area (Å²) in [7, 11) is -3.44. The topological polar surface area (TPSA) is 59.9 Å². The Labute approximate surface area is 90.0 Å². The summed E-state index contributed by atoms with van der Waals surface area (Å²) in [5.41, 5.74) is 0. The summed E-state index contributed by atoms with van der Waals surface area (Å²) >= 11 is 0. The van der Waals surface area contributed by atoms with E-state index in [2.05, 4.69) is 16.5 Å². The predicted octanol–water partition coefficient (Wildman–Crippen LogP) is 1.46. The Hall–Kier alpha value is -1.23. The van der Waals surface area contributed by atoms with Gasteiger partial charge in [-0.3, -0.25) is 0 Å². The van der Waals surface area contributed by atoms with Crippen LogP contribution in [0.15, 0.2) is 36.3 Å². The maximum absolute atomic E-state index is 12.0. The second kappa shape index (κ2) is 4.53. The maximum atomic E-state index is 12.0. The fourth-order valence-electron chi connectivity index (χ4n) is 1.07. The van der Waals surface area contributed by atoms with Gasteiger partial charge in [-0.2, -0.15) is 0 Å². The van der Waals surface area contributed by atoms with E-state index in [1.54, 1.807) is 26.0 Å². The number of hydrogen-bond donors (Lipinski definition) is 0. The van der Waals surface area contributed by atoms with Gasteiger partial charge in [0.2, 0.25) is 15.0 Å². The van der Waals surface area contributed by atoms with Crippen molar-refractivity contribution in [1.82, 2.24) is 9.97 Å². The monoisotopic (exact) mass is 226 g/mol. The number of rotatable bonds is 4. The number of sulfone groups is 1.